The summed E-state index contributed by atoms with van der Waals surface area (Å²) >= 11 is 5.90. The van der Waals surface area contributed by atoms with Gasteiger partial charge in [-0.05, 0) is 24.3 Å². The summed E-state index contributed by atoms with van der Waals surface area (Å²) in [5, 5.41) is 0.318. The molecule has 0 bridgehead atoms. The molecule has 1 aromatic carbocycles. The highest BCUT2D eigenvalue weighted by Crippen LogP contribution is 2.28. The van der Waals surface area contributed by atoms with Gasteiger partial charge in [-0.2, -0.15) is 4.31 Å². The number of nitrogens with zero attached hydrogens (tertiary/aromatic N) is 2. The lowest BCUT2D eigenvalue weighted by molar-refractivity contribution is 0.0720. The standard InChI is InChI=1S/C14H11ClF2N2O3S/c15-11-2-1-5-18-14(11)22-10-7-19(8-10)23(20,21)13-4-3-9(16)6-12(13)17/h1-6,10H,7-8H2. The number of rotatable bonds is 4. The number of sulfonamides is 1. The van der Waals surface area contributed by atoms with Gasteiger partial charge < -0.3 is 4.74 Å². The summed E-state index contributed by atoms with van der Waals surface area (Å²) in [6, 6.07) is 5.59. The lowest BCUT2D eigenvalue weighted by Gasteiger charge is -2.37. The molecule has 2 aromatic rings. The third-order valence-corrected chi connectivity index (χ3v) is 5.48. The van der Waals surface area contributed by atoms with Crippen LogP contribution in [0.1, 0.15) is 0 Å². The lowest BCUT2D eigenvalue weighted by Crippen LogP contribution is -2.56. The minimum absolute atomic E-state index is 0.0338. The van der Waals surface area contributed by atoms with Crippen LogP contribution in [0.15, 0.2) is 41.4 Å². The van der Waals surface area contributed by atoms with E-state index in [4.69, 9.17) is 16.3 Å². The molecule has 1 aromatic heterocycles. The largest absolute Gasteiger partial charge is 0.470 e. The summed E-state index contributed by atoms with van der Waals surface area (Å²) in [5.74, 6) is -1.75. The SMILES string of the molecule is O=S(=O)(c1ccc(F)cc1F)N1CC(Oc2ncccc2Cl)C1. The Morgan fingerprint density at radius 1 is 1.26 bits per heavy atom. The van der Waals surface area contributed by atoms with Crippen LogP contribution in [-0.2, 0) is 10.0 Å². The van der Waals surface area contributed by atoms with E-state index < -0.39 is 32.7 Å². The predicted octanol–water partition coefficient (Wildman–Crippen LogP) is 2.47. The van der Waals surface area contributed by atoms with Crippen LogP contribution >= 0.6 is 11.6 Å². The Hall–Kier alpha value is -1.77. The van der Waals surface area contributed by atoms with Gasteiger partial charge >= 0.3 is 0 Å². The molecule has 0 unspecified atom stereocenters. The minimum Gasteiger partial charge on any atom is -0.470 e. The molecule has 1 saturated heterocycles. The molecular formula is C14H11ClF2N2O3S. The number of pyridine rings is 1. The van der Waals surface area contributed by atoms with Gasteiger partial charge in [-0.25, -0.2) is 22.2 Å². The highest BCUT2D eigenvalue weighted by atomic mass is 35.5. The monoisotopic (exact) mass is 360 g/mol. The van der Waals surface area contributed by atoms with E-state index in [9.17, 15) is 17.2 Å². The van der Waals surface area contributed by atoms with Crippen LogP contribution in [0, 0.1) is 11.6 Å². The zero-order valence-electron chi connectivity index (χ0n) is 11.6. The summed E-state index contributed by atoms with van der Waals surface area (Å²) in [5.41, 5.74) is 0. The molecule has 1 fully saturated rings. The van der Waals surface area contributed by atoms with Crippen molar-refractivity contribution in [1.82, 2.24) is 9.29 Å². The summed E-state index contributed by atoms with van der Waals surface area (Å²) in [6.45, 7) is 0.0676. The molecule has 5 nitrogen and oxygen atoms in total. The maximum atomic E-state index is 13.7. The molecule has 0 aliphatic carbocycles. The summed E-state index contributed by atoms with van der Waals surface area (Å²) in [7, 11) is -4.03. The van der Waals surface area contributed by atoms with E-state index >= 15 is 0 Å². The smallest absolute Gasteiger partial charge is 0.246 e. The normalized spacial score (nSPS) is 16.1. The summed E-state index contributed by atoms with van der Waals surface area (Å²) in [4.78, 5) is 3.38. The van der Waals surface area contributed by atoms with Gasteiger partial charge in [-0.3, -0.25) is 0 Å². The number of benzene rings is 1. The van der Waals surface area contributed by atoms with Crippen LogP contribution in [-0.4, -0.2) is 36.9 Å². The van der Waals surface area contributed by atoms with Crippen molar-refractivity contribution in [2.45, 2.75) is 11.0 Å². The van der Waals surface area contributed by atoms with Gasteiger partial charge in [0.05, 0.1) is 13.1 Å². The second kappa shape index (κ2) is 6.03. The number of hydrogen-bond donors (Lipinski definition) is 0. The van der Waals surface area contributed by atoms with E-state index in [0.29, 0.717) is 11.1 Å². The van der Waals surface area contributed by atoms with E-state index in [1.54, 1.807) is 12.1 Å². The maximum absolute atomic E-state index is 13.7. The van der Waals surface area contributed by atoms with E-state index in [-0.39, 0.29) is 19.0 Å². The van der Waals surface area contributed by atoms with Crippen LogP contribution in [0.3, 0.4) is 0 Å². The molecule has 0 atom stereocenters. The van der Waals surface area contributed by atoms with Crippen molar-refractivity contribution < 1.29 is 21.9 Å². The molecule has 1 aliphatic rings. The van der Waals surface area contributed by atoms with Gasteiger partial charge in [0.2, 0.25) is 15.9 Å². The Kier molecular flexibility index (Phi) is 4.22. The second-order valence-corrected chi connectivity index (χ2v) is 7.24. The molecule has 23 heavy (non-hydrogen) atoms. The highest BCUT2D eigenvalue weighted by molar-refractivity contribution is 7.89. The summed E-state index contributed by atoms with van der Waals surface area (Å²) in [6.07, 6.45) is 1.07. The molecule has 9 heteroatoms. The first-order valence-electron chi connectivity index (χ1n) is 6.60. The molecule has 0 radical (unpaired) electrons. The van der Waals surface area contributed by atoms with Crippen molar-refractivity contribution >= 4 is 21.6 Å². The van der Waals surface area contributed by atoms with Crippen LogP contribution in [0.5, 0.6) is 5.88 Å². The van der Waals surface area contributed by atoms with Gasteiger partial charge in [-0.15, -0.1) is 0 Å². The Morgan fingerprint density at radius 2 is 2.00 bits per heavy atom. The Balaban J connectivity index is 1.70. The maximum Gasteiger partial charge on any atom is 0.246 e. The number of hydrogen-bond acceptors (Lipinski definition) is 4. The van der Waals surface area contributed by atoms with E-state index in [0.717, 1.165) is 16.4 Å². The average Bonchev–Trinajstić information content (AvgIpc) is 2.43. The van der Waals surface area contributed by atoms with Crippen molar-refractivity contribution in [1.29, 1.82) is 0 Å². The molecule has 0 saturated carbocycles. The number of aromatic nitrogens is 1. The number of halogens is 3. The Morgan fingerprint density at radius 3 is 2.65 bits per heavy atom. The van der Waals surface area contributed by atoms with Crippen LogP contribution < -0.4 is 4.74 Å². The lowest BCUT2D eigenvalue weighted by atomic mass is 10.2. The molecule has 0 N–H and O–H groups in total. The van der Waals surface area contributed by atoms with Gasteiger partial charge in [0.15, 0.2) is 0 Å². The molecule has 122 valence electrons. The fourth-order valence-electron chi connectivity index (χ4n) is 2.11. The van der Waals surface area contributed by atoms with Crippen LogP contribution in [0.2, 0.25) is 5.02 Å². The number of ether oxygens (including phenoxy) is 1. The Labute approximate surface area is 136 Å². The summed E-state index contributed by atoms with van der Waals surface area (Å²) < 4.78 is 57.6. The van der Waals surface area contributed by atoms with Crippen LogP contribution in [0.25, 0.3) is 0 Å². The van der Waals surface area contributed by atoms with Gasteiger partial charge in [-0.1, -0.05) is 11.6 Å². The zero-order chi connectivity index (χ0) is 16.6. The van der Waals surface area contributed by atoms with Crippen LogP contribution in [0.4, 0.5) is 8.78 Å². The Bertz CT molecular complexity index is 842. The molecule has 1 aliphatic heterocycles. The third kappa shape index (κ3) is 3.15. The van der Waals surface area contributed by atoms with E-state index in [1.807, 2.05) is 0 Å². The average molecular weight is 361 g/mol. The van der Waals surface area contributed by atoms with Crippen molar-refractivity contribution in [2.24, 2.45) is 0 Å². The first kappa shape index (κ1) is 16.1. The van der Waals surface area contributed by atoms with Crippen molar-refractivity contribution in [3.05, 3.63) is 53.2 Å². The zero-order valence-corrected chi connectivity index (χ0v) is 13.2. The highest BCUT2D eigenvalue weighted by Gasteiger charge is 2.39. The first-order valence-corrected chi connectivity index (χ1v) is 8.42. The molecule has 0 amide bonds. The molecular weight excluding hydrogens is 350 g/mol. The fourth-order valence-corrected chi connectivity index (χ4v) is 3.83. The predicted molar refractivity (Wildman–Crippen MR) is 78.8 cm³/mol. The quantitative estimate of drug-likeness (QED) is 0.840. The van der Waals surface area contributed by atoms with Gasteiger partial charge in [0.1, 0.15) is 27.7 Å². The molecule has 3 rings (SSSR count). The second-order valence-electron chi connectivity index (χ2n) is 4.93. The van der Waals surface area contributed by atoms with Crippen molar-refractivity contribution in [2.75, 3.05) is 13.1 Å². The first-order chi connectivity index (χ1) is 10.9. The van der Waals surface area contributed by atoms with Gasteiger partial charge in [0, 0.05) is 12.3 Å². The third-order valence-electron chi connectivity index (χ3n) is 3.33. The van der Waals surface area contributed by atoms with E-state index in [1.165, 1.54) is 6.20 Å². The van der Waals surface area contributed by atoms with Gasteiger partial charge in [0.25, 0.3) is 0 Å². The molecule has 2 heterocycles. The topological polar surface area (TPSA) is 59.5 Å². The van der Waals surface area contributed by atoms with E-state index in [2.05, 4.69) is 4.98 Å². The molecule has 0 spiro atoms. The van der Waals surface area contributed by atoms with Crippen molar-refractivity contribution in [3.8, 4) is 5.88 Å². The minimum atomic E-state index is -4.03. The fraction of sp³-hybridized carbons (Fsp3) is 0.214. The van der Waals surface area contributed by atoms with Crippen molar-refractivity contribution in [3.63, 3.8) is 0 Å².